The van der Waals surface area contributed by atoms with Crippen LogP contribution in [0.1, 0.15) is 33.1 Å². The molecule has 0 spiro atoms. The molecule has 0 aromatic rings. The summed E-state index contributed by atoms with van der Waals surface area (Å²) in [6.07, 6.45) is 4.07. The molecular formula is C15H20O3. The number of aliphatic hydroxyl groups is 1. The van der Waals surface area contributed by atoms with Crippen LogP contribution in [-0.2, 0) is 9.53 Å². The summed E-state index contributed by atoms with van der Waals surface area (Å²) in [6, 6.07) is 0. The highest BCUT2D eigenvalue weighted by Crippen LogP contribution is 2.55. The van der Waals surface area contributed by atoms with Crippen molar-refractivity contribution >= 4 is 5.97 Å². The van der Waals surface area contributed by atoms with Gasteiger partial charge in [0.25, 0.3) is 0 Å². The summed E-state index contributed by atoms with van der Waals surface area (Å²) in [5, 5.41) is 10.3. The zero-order valence-corrected chi connectivity index (χ0v) is 11.0. The van der Waals surface area contributed by atoms with Gasteiger partial charge in [-0.2, -0.15) is 0 Å². The van der Waals surface area contributed by atoms with E-state index in [1.807, 2.05) is 0 Å². The summed E-state index contributed by atoms with van der Waals surface area (Å²) in [5.74, 6) is 0.237. The largest absolute Gasteiger partial charge is 0.458 e. The third-order valence-electron chi connectivity index (χ3n) is 5.32. The van der Waals surface area contributed by atoms with Crippen molar-refractivity contribution < 1.29 is 14.6 Å². The summed E-state index contributed by atoms with van der Waals surface area (Å²) in [4.78, 5) is 11.6. The molecular weight excluding hydrogens is 228 g/mol. The highest BCUT2D eigenvalue weighted by molar-refractivity contribution is 5.90. The smallest absolute Gasteiger partial charge is 0.334 e. The number of esters is 1. The number of aliphatic hydroxyl groups excluding tert-OH is 1. The molecule has 1 heterocycles. The first-order valence-corrected chi connectivity index (χ1v) is 6.68. The number of ether oxygens (including phenoxy) is 1. The molecule has 5 atom stereocenters. The number of allylic oxidation sites excluding steroid dienone is 1. The van der Waals surface area contributed by atoms with Crippen LogP contribution in [0, 0.1) is 17.3 Å². The molecule has 3 rings (SSSR count). The van der Waals surface area contributed by atoms with Gasteiger partial charge in [0.2, 0.25) is 0 Å². The Hall–Kier alpha value is -1.09. The molecule has 3 nitrogen and oxygen atoms in total. The minimum absolute atomic E-state index is 0.0770. The molecule has 18 heavy (non-hydrogen) atoms. The van der Waals surface area contributed by atoms with Gasteiger partial charge in [-0.05, 0) is 32.1 Å². The van der Waals surface area contributed by atoms with E-state index < -0.39 is 0 Å². The molecule has 1 saturated heterocycles. The van der Waals surface area contributed by atoms with Crippen molar-refractivity contribution in [3.63, 3.8) is 0 Å². The summed E-state index contributed by atoms with van der Waals surface area (Å²) in [6.45, 7) is 8.13. The fraction of sp³-hybridized carbons (Fsp3) is 0.667. The van der Waals surface area contributed by atoms with E-state index in [9.17, 15) is 9.90 Å². The van der Waals surface area contributed by atoms with Gasteiger partial charge in [-0.3, -0.25) is 0 Å². The van der Waals surface area contributed by atoms with Crippen molar-refractivity contribution in [3.8, 4) is 0 Å². The van der Waals surface area contributed by atoms with Crippen molar-refractivity contribution in [2.45, 2.75) is 45.3 Å². The molecule has 1 saturated carbocycles. The summed E-state index contributed by atoms with van der Waals surface area (Å²) < 4.78 is 5.41. The van der Waals surface area contributed by atoms with E-state index in [0.29, 0.717) is 17.9 Å². The second-order valence-corrected chi connectivity index (χ2v) is 6.27. The lowest BCUT2D eigenvalue weighted by Crippen LogP contribution is -2.49. The number of fused-ring (bicyclic) bond motifs is 2. The molecule has 3 aliphatic rings. The standard InChI is InChI=1S/C15H20O3/c1-8-4-5-13(16)15(3)7-12-10(6-11(8)15)9(2)14(17)18-12/h4,10-13,16H,2,5-7H2,1,3H3. The van der Waals surface area contributed by atoms with E-state index in [2.05, 4.69) is 26.5 Å². The number of hydrogen-bond acceptors (Lipinski definition) is 3. The summed E-state index contributed by atoms with van der Waals surface area (Å²) in [7, 11) is 0. The van der Waals surface area contributed by atoms with Gasteiger partial charge in [0, 0.05) is 16.9 Å². The molecule has 1 N–H and O–H groups in total. The number of rotatable bonds is 0. The van der Waals surface area contributed by atoms with E-state index in [-0.39, 0.29) is 29.5 Å². The highest BCUT2D eigenvalue weighted by atomic mass is 16.6. The van der Waals surface area contributed by atoms with Crippen LogP contribution in [-0.4, -0.2) is 23.3 Å². The van der Waals surface area contributed by atoms with Crippen LogP contribution >= 0.6 is 0 Å². The van der Waals surface area contributed by atoms with E-state index in [4.69, 9.17) is 4.74 Å². The van der Waals surface area contributed by atoms with Gasteiger partial charge in [0.05, 0.1) is 6.10 Å². The zero-order chi connectivity index (χ0) is 13.1. The number of carbonyl (C=O) groups excluding carboxylic acids is 1. The lowest BCUT2D eigenvalue weighted by molar-refractivity contribution is -0.145. The molecule has 0 bridgehead atoms. The Kier molecular flexibility index (Phi) is 2.46. The third kappa shape index (κ3) is 1.43. The van der Waals surface area contributed by atoms with Crippen LogP contribution in [0.25, 0.3) is 0 Å². The van der Waals surface area contributed by atoms with Crippen LogP contribution in [0.15, 0.2) is 23.8 Å². The summed E-state index contributed by atoms with van der Waals surface area (Å²) >= 11 is 0. The first-order valence-electron chi connectivity index (χ1n) is 6.68. The maximum absolute atomic E-state index is 11.6. The normalized spacial score (nSPS) is 47.2. The Bertz CT molecular complexity index is 451. The van der Waals surface area contributed by atoms with Crippen LogP contribution in [0.2, 0.25) is 0 Å². The van der Waals surface area contributed by atoms with Crippen LogP contribution in [0.4, 0.5) is 0 Å². The van der Waals surface area contributed by atoms with Crippen LogP contribution < -0.4 is 0 Å². The van der Waals surface area contributed by atoms with Crippen molar-refractivity contribution in [3.05, 3.63) is 23.8 Å². The Morgan fingerprint density at radius 2 is 2.28 bits per heavy atom. The van der Waals surface area contributed by atoms with Gasteiger partial charge in [-0.1, -0.05) is 25.2 Å². The monoisotopic (exact) mass is 248 g/mol. The fourth-order valence-corrected chi connectivity index (χ4v) is 4.03. The van der Waals surface area contributed by atoms with Gasteiger partial charge >= 0.3 is 5.97 Å². The van der Waals surface area contributed by atoms with Gasteiger partial charge in [0.1, 0.15) is 6.10 Å². The van der Waals surface area contributed by atoms with Crippen LogP contribution in [0.5, 0.6) is 0 Å². The second-order valence-electron chi connectivity index (χ2n) is 6.27. The van der Waals surface area contributed by atoms with Gasteiger partial charge in [-0.15, -0.1) is 0 Å². The van der Waals surface area contributed by atoms with Crippen molar-refractivity contribution in [1.82, 2.24) is 0 Å². The van der Waals surface area contributed by atoms with Gasteiger partial charge in [0.15, 0.2) is 0 Å². The Labute approximate surface area is 108 Å². The Balaban J connectivity index is 1.96. The summed E-state index contributed by atoms with van der Waals surface area (Å²) in [5.41, 5.74) is 1.80. The molecule has 1 aliphatic heterocycles. The molecule has 5 unspecified atom stereocenters. The topological polar surface area (TPSA) is 46.5 Å². The minimum Gasteiger partial charge on any atom is -0.458 e. The van der Waals surface area contributed by atoms with Crippen molar-refractivity contribution in [2.75, 3.05) is 0 Å². The predicted octanol–water partition coefficient (Wildman–Crippen LogP) is 2.21. The van der Waals surface area contributed by atoms with E-state index >= 15 is 0 Å². The first-order chi connectivity index (χ1) is 8.43. The molecule has 2 fully saturated rings. The molecule has 0 amide bonds. The molecule has 2 aliphatic carbocycles. The fourth-order valence-electron chi connectivity index (χ4n) is 4.03. The molecule has 0 radical (unpaired) electrons. The molecule has 3 heteroatoms. The van der Waals surface area contributed by atoms with Gasteiger partial charge in [-0.25, -0.2) is 4.79 Å². The van der Waals surface area contributed by atoms with E-state index in [1.165, 1.54) is 5.57 Å². The average molecular weight is 248 g/mol. The zero-order valence-electron chi connectivity index (χ0n) is 11.0. The lowest BCUT2D eigenvalue weighted by atomic mass is 9.56. The molecule has 0 aromatic carbocycles. The van der Waals surface area contributed by atoms with E-state index in [1.54, 1.807) is 0 Å². The lowest BCUT2D eigenvalue weighted by Gasteiger charge is -2.50. The Morgan fingerprint density at radius 3 is 3.00 bits per heavy atom. The number of hydrogen-bond donors (Lipinski definition) is 1. The predicted molar refractivity (Wildman–Crippen MR) is 67.7 cm³/mol. The third-order valence-corrected chi connectivity index (χ3v) is 5.32. The van der Waals surface area contributed by atoms with Gasteiger partial charge < -0.3 is 9.84 Å². The van der Waals surface area contributed by atoms with Crippen molar-refractivity contribution in [1.29, 1.82) is 0 Å². The number of carbonyl (C=O) groups is 1. The van der Waals surface area contributed by atoms with Crippen molar-refractivity contribution in [2.24, 2.45) is 17.3 Å². The molecule has 0 aromatic heterocycles. The quantitative estimate of drug-likeness (QED) is 0.406. The maximum Gasteiger partial charge on any atom is 0.334 e. The SMILES string of the molecule is C=C1C(=O)OC2CC3(C)C(O)CC=C(C)C3CC12. The highest BCUT2D eigenvalue weighted by Gasteiger charge is 2.55. The van der Waals surface area contributed by atoms with Crippen LogP contribution in [0.3, 0.4) is 0 Å². The van der Waals surface area contributed by atoms with E-state index in [0.717, 1.165) is 12.8 Å². The average Bonchev–Trinajstić information content (AvgIpc) is 2.58. The maximum atomic E-state index is 11.6. The first kappa shape index (κ1) is 12.0. The minimum atomic E-state index is -0.334. The second kappa shape index (κ2) is 3.70. The Morgan fingerprint density at radius 1 is 1.56 bits per heavy atom. The molecule has 98 valence electrons.